The summed E-state index contributed by atoms with van der Waals surface area (Å²) in [5, 5.41) is 10.9. The predicted molar refractivity (Wildman–Crippen MR) is 80.7 cm³/mol. The van der Waals surface area contributed by atoms with Crippen LogP contribution in [0.2, 0.25) is 5.02 Å². The zero-order chi connectivity index (χ0) is 14.8. The Labute approximate surface area is 128 Å². The Balaban J connectivity index is 1.82. The van der Waals surface area contributed by atoms with Gasteiger partial charge in [-0.1, -0.05) is 11.6 Å². The highest BCUT2D eigenvalue weighted by molar-refractivity contribution is 7.17. The zero-order valence-electron chi connectivity index (χ0n) is 10.6. The van der Waals surface area contributed by atoms with Crippen molar-refractivity contribution in [2.45, 2.75) is 6.61 Å². The second-order valence-electron chi connectivity index (χ2n) is 4.19. The molecule has 2 heterocycles. The van der Waals surface area contributed by atoms with E-state index in [4.69, 9.17) is 21.6 Å². The molecule has 0 saturated heterocycles. The Hall–Kier alpha value is -2.36. The number of aromatic nitrogens is 2. The number of nitrogens with one attached hydrogen (secondary N) is 1. The maximum atomic E-state index is 11.8. The summed E-state index contributed by atoms with van der Waals surface area (Å²) in [6, 6.07) is 8.54. The van der Waals surface area contributed by atoms with Crippen LogP contribution in [0.25, 0.3) is 10.2 Å². The molecule has 3 rings (SSSR count). The van der Waals surface area contributed by atoms with E-state index in [1.165, 1.54) is 11.3 Å². The third kappa shape index (κ3) is 2.75. The predicted octanol–water partition coefficient (Wildman–Crippen LogP) is 3.09. The van der Waals surface area contributed by atoms with Crippen molar-refractivity contribution in [3.63, 3.8) is 0 Å². The molecule has 7 heteroatoms. The number of aromatic amines is 1. The summed E-state index contributed by atoms with van der Waals surface area (Å²) in [6.45, 7) is 0.114. The van der Waals surface area contributed by atoms with E-state index in [1.807, 2.05) is 11.4 Å². The minimum Gasteiger partial charge on any atom is -0.486 e. The molecule has 0 atom stereocenters. The number of nitriles is 1. The first-order valence-corrected chi connectivity index (χ1v) is 7.22. The molecule has 0 unspecified atom stereocenters. The number of rotatable bonds is 3. The van der Waals surface area contributed by atoms with E-state index in [1.54, 1.807) is 24.3 Å². The van der Waals surface area contributed by atoms with Crippen molar-refractivity contribution in [2.24, 2.45) is 0 Å². The van der Waals surface area contributed by atoms with Crippen LogP contribution in [0.3, 0.4) is 0 Å². The van der Waals surface area contributed by atoms with Gasteiger partial charge in [-0.15, -0.1) is 11.3 Å². The van der Waals surface area contributed by atoms with E-state index < -0.39 is 0 Å². The highest BCUT2D eigenvalue weighted by Gasteiger charge is 2.06. The molecule has 0 fully saturated rings. The number of nitrogens with zero attached hydrogens (tertiary/aromatic N) is 2. The maximum absolute atomic E-state index is 11.8. The first-order chi connectivity index (χ1) is 10.2. The van der Waals surface area contributed by atoms with Crippen molar-refractivity contribution in [3.05, 3.63) is 56.4 Å². The molecule has 0 radical (unpaired) electrons. The topological polar surface area (TPSA) is 78.8 Å². The van der Waals surface area contributed by atoms with Gasteiger partial charge in [-0.2, -0.15) is 5.26 Å². The normalized spacial score (nSPS) is 10.5. The lowest BCUT2D eigenvalue weighted by molar-refractivity contribution is 0.296. The van der Waals surface area contributed by atoms with Crippen LogP contribution in [0.4, 0.5) is 0 Å². The van der Waals surface area contributed by atoms with Crippen molar-refractivity contribution in [1.29, 1.82) is 5.26 Å². The summed E-state index contributed by atoms with van der Waals surface area (Å²) in [4.78, 5) is 18.8. The van der Waals surface area contributed by atoms with Crippen LogP contribution < -0.4 is 10.3 Å². The van der Waals surface area contributed by atoms with Gasteiger partial charge in [0.25, 0.3) is 5.56 Å². The molecule has 1 N–H and O–H groups in total. The molecular weight excluding hydrogens is 310 g/mol. The fourth-order valence-corrected chi connectivity index (χ4v) is 2.76. The molecule has 1 aromatic carbocycles. The summed E-state index contributed by atoms with van der Waals surface area (Å²) < 4.78 is 6.13. The first-order valence-electron chi connectivity index (χ1n) is 5.96. The van der Waals surface area contributed by atoms with Crippen LogP contribution in [-0.4, -0.2) is 9.97 Å². The summed E-state index contributed by atoms with van der Waals surface area (Å²) in [6.07, 6.45) is 0. The van der Waals surface area contributed by atoms with Crippen LogP contribution in [0.1, 0.15) is 11.4 Å². The standard InChI is InChI=1S/C14H8ClN3O2S/c15-10-5-9(2-1-8(10)6-16)20-7-12-17-11-3-4-21-13(11)14(19)18-12/h1-5H,7H2,(H,17,18,19). The molecule has 0 spiro atoms. The molecule has 0 saturated carbocycles. The highest BCUT2D eigenvalue weighted by atomic mass is 35.5. The Kier molecular flexibility index (Phi) is 3.60. The smallest absolute Gasteiger partial charge is 0.268 e. The minimum absolute atomic E-state index is 0.114. The van der Waals surface area contributed by atoms with Crippen LogP contribution in [0, 0.1) is 11.3 Å². The Morgan fingerprint density at radius 2 is 2.29 bits per heavy atom. The lowest BCUT2D eigenvalue weighted by Crippen LogP contribution is -2.12. The van der Waals surface area contributed by atoms with E-state index >= 15 is 0 Å². The third-order valence-electron chi connectivity index (χ3n) is 2.80. The van der Waals surface area contributed by atoms with Crippen molar-refractivity contribution in [3.8, 4) is 11.8 Å². The molecule has 0 aliphatic carbocycles. The van der Waals surface area contributed by atoms with Gasteiger partial charge >= 0.3 is 0 Å². The monoisotopic (exact) mass is 317 g/mol. The average molecular weight is 318 g/mol. The minimum atomic E-state index is -0.175. The fraction of sp³-hybridized carbons (Fsp3) is 0.0714. The summed E-state index contributed by atoms with van der Waals surface area (Å²) in [7, 11) is 0. The second-order valence-corrected chi connectivity index (χ2v) is 5.51. The summed E-state index contributed by atoms with van der Waals surface area (Å²) in [5.41, 5.74) is 0.863. The van der Waals surface area contributed by atoms with Crippen LogP contribution >= 0.6 is 22.9 Å². The summed E-state index contributed by atoms with van der Waals surface area (Å²) >= 11 is 7.27. The van der Waals surface area contributed by atoms with E-state index in [0.29, 0.717) is 32.4 Å². The zero-order valence-corrected chi connectivity index (χ0v) is 12.2. The molecule has 2 aromatic heterocycles. The Morgan fingerprint density at radius 3 is 3.05 bits per heavy atom. The number of fused-ring (bicyclic) bond motifs is 1. The van der Waals surface area contributed by atoms with Gasteiger partial charge in [0, 0.05) is 6.07 Å². The number of hydrogen-bond acceptors (Lipinski definition) is 5. The SMILES string of the molecule is N#Cc1ccc(OCc2nc3ccsc3c(=O)[nH]2)cc1Cl. The van der Waals surface area contributed by atoms with E-state index in [9.17, 15) is 4.79 Å². The molecule has 0 aliphatic heterocycles. The quantitative estimate of drug-likeness (QED) is 0.805. The van der Waals surface area contributed by atoms with E-state index in [2.05, 4.69) is 9.97 Å². The number of thiophene rings is 1. The van der Waals surface area contributed by atoms with Gasteiger partial charge in [-0.3, -0.25) is 4.79 Å². The fourth-order valence-electron chi connectivity index (χ4n) is 1.82. The van der Waals surface area contributed by atoms with Gasteiger partial charge in [-0.05, 0) is 23.6 Å². The maximum Gasteiger partial charge on any atom is 0.268 e. The van der Waals surface area contributed by atoms with Gasteiger partial charge in [0.1, 0.15) is 28.9 Å². The van der Waals surface area contributed by atoms with Crippen LogP contribution in [0.15, 0.2) is 34.4 Å². The molecular formula is C14H8ClN3O2S. The Bertz CT molecular complexity index is 910. The first kappa shape index (κ1) is 13.6. The van der Waals surface area contributed by atoms with Gasteiger partial charge in [0.15, 0.2) is 0 Å². The number of benzene rings is 1. The van der Waals surface area contributed by atoms with Gasteiger partial charge < -0.3 is 9.72 Å². The number of halogens is 1. The summed E-state index contributed by atoms with van der Waals surface area (Å²) in [5.74, 6) is 0.943. The average Bonchev–Trinajstić information content (AvgIpc) is 2.94. The van der Waals surface area contributed by atoms with Crippen molar-refractivity contribution < 1.29 is 4.74 Å². The van der Waals surface area contributed by atoms with Crippen molar-refractivity contribution in [1.82, 2.24) is 9.97 Å². The van der Waals surface area contributed by atoms with Gasteiger partial charge in [0.05, 0.1) is 16.1 Å². The molecule has 0 amide bonds. The van der Waals surface area contributed by atoms with E-state index in [0.717, 1.165) is 0 Å². The van der Waals surface area contributed by atoms with Gasteiger partial charge in [-0.25, -0.2) is 4.98 Å². The number of H-pyrrole nitrogens is 1. The van der Waals surface area contributed by atoms with Crippen LogP contribution in [0.5, 0.6) is 5.75 Å². The molecule has 21 heavy (non-hydrogen) atoms. The van der Waals surface area contributed by atoms with Crippen LogP contribution in [-0.2, 0) is 6.61 Å². The highest BCUT2D eigenvalue weighted by Crippen LogP contribution is 2.22. The van der Waals surface area contributed by atoms with Crippen molar-refractivity contribution >= 4 is 33.2 Å². The molecule has 104 valence electrons. The molecule has 0 bridgehead atoms. The lowest BCUT2D eigenvalue weighted by atomic mass is 10.2. The van der Waals surface area contributed by atoms with E-state index in [-0.39, 0.29) is 12.2 Å². The van der Waals surface area contributed by atoms with Gasteiger partial charge in [0.2, 0.25) is 0 Å². The molecule has 3 aromatic rings. The number of hydrogen-bond donors (Lipinski definition) is 1. The number of ether oxygens (including phenoxy) is 1. The van der Waals surface area contributed by atoms with Crippen molar-refractivity contribution in [2.75, 3.05) is 0 Å². The molecule has 5 nitrogen and oxygen atoms in total. The molecule has 0 aliphatic rings. The largest absolute Gasteiger partial charge is 0.486 e. The third-order valence-corrected chi connectivity index (χ3v) is 4.02. The lowest BCUT2D eigenvalue weighted by Gasteiger charge is -2.06. The second kappa shape index (κ2) is 5.56. The Morgan fingerprint density at radius 1 is 1.43 bits per heavy atom.